The molecule has 0 radical (unpaired) electrons. The maximum atomic E-state index is 13.5. The average Bonchev–Trinajstić information content (AvgIpc) is 3.22. The summed E-state index contributed by atoms with van der Waals surface area (Å²) in [6.07, 6.45) is 6.25. The van der Waals surface area contributed by atoms with Gasteiger partial charge >= 0.3 is 12.1 Å². The summed E-state index contributed by atoms with van der Waals surface area (Å²) >= 11 is 6.28. The van der Waals surface area contributed by atoms with Gasteiger partial charge in [-0.1, -0.05) is 23.7 Å². The topological polar surface area (TPSA) is 75.9 Å². The van der Waals surface area contributed by atoms with Crippen molar-refractivity contribution in [2.45, 2.75) is 68.0 Å². The molecule has 2 N–H and O–H groups in total. The first kappa shape index (κ1) is 18.1. The Hall–Kier alpha value is -1.95. The number of amides is 3. The van der Waals surface area contributed by atoms with Crippen LogP contribution in [0, 0.1) is 0 Å². The number of hydrogen-bond acceptors (Lipinski definition) is 3. The Kier molecular flexibility index (Phi) is 3.89. The fourth-order valence-corrected chi connectivity index (χ4v) is 6.43. The molecule has 2 heterocycles. The first-order valence-corrected chi connectivity index (χ1v) is 10.6. The van der Waals surface area contributed by atoms with Gasteiger partial charge in [0.1, 0.15) is 5.60 Å². The number of nitrogens with zero attached hydrogens (tertiary/aromatic N) is 2. The van der Waals surface area contributed by atoms with Crippen LogP contribution in [0.2, 0.25) is 5.02 Å². The first-order valence-electron chi connectivity index (χ1n) is 10.2. The fraction of sp³-hybridized carbons (Fsp3) is 0.619. The number of fused-ring (bicyclic) bond motifs is 4. The molecule has 2 bridgehead atoms. The fourth-order valence-electron chi connectivity index (χ4n) is 6.24. The first-order chi connectivity index (χ1) is 13.4. The van der Waals surface area contributed by atoms with Crippen LogP contribution in [-0.2, 0) is 10.3 Å². The maximum absolute atomic E-state index is 13.5. The monoisotopic (exact) mass is 403 g/mol. The molecule has 3 aliphatic carbocycles. The van der Waals surface area contributed by atoms with Crippen LogP contribution in [0.4, 0.5) is 9.59 Å². The van der Waals surface area contributed by atoms with E-state index in [1.807, 2.05) is 18.2 Å². The largest absolute Gasteiger partial charge is 0.443 e. The summed E-state index contributed by atoms with van der Waals surface area (Å²) in [5, 5.41) is 0.714. The molecule has 5 aliphatic rings. The molecule has 2 aliphatic heterocycles. The summed E-state index contributed by atoms with van der Waals surface area (Å²) in [5.41, 5.74) is 5.61. The number of halogens is 1. The molecule has 1 atom stereocenters. The van der Waals surface area contributed by atoms with Gasteiger partial charge in [0.2, 0.25) is 0 Å². The number of ether oxygens (including phenoxy) is 1. The predicted octanol–water partition coefficient (Wildman–Crippen LogP) is 4.01. The zero-order valence-electron chi connectivity index (χ0n) is 16.0. The Morgan fingerprint density at radius 1 is 1.07 bits per heavy atom. The molecule has 3 saturated carbocycles. The zero-order valence-corrected chi connectivity index (χ0v) is 16.7. The lowest BCUT2D eigenvalue weighted by Gasteiger charge is -2.55. The van der Waals surface area contributed by atoms with Crippen LogP contribution in [0.1, 0.15) is 56.9 Å². The summed E-state index contributed by atoms with van der Waals surface area (Å²) in [7, 11) is 0. The molecule has 0 spiro atoms. The number of urea groups is 1. The van der Waals surface area contributed by atoms with Crippen LogP contribution >= 0.6 is 11.6 Å². The van der Waals surface area contributed by atoms with E-state index in [1.165, 1.54) is 0 Å². The van der Waals surface area contributed by atoms with E-state index in [0.29, 0.717) is 5.02 Å². The van der Waals surface area contributed by atoms with Crippen LogP contribution in [0.5, 0.6) is 0 Å². The number of rotatable bonds is 3. The van der Waals surface area contributed by atoms with Crippen molar-refractivity contribution in [2.24, 2.45) is 5.73 Å². The van der Waals surface area contributed by atoms with Gasteiger partial charge in [0.25, 0.3) is 0 Å². The van der Waals surface area contributed by atoms with Gasteiger partial charge in [0.05, 0.1) is 12.1 Å². The van der Waals surface area contributed by atoms with Crippen molar-refractivity contribution < 1.29 is 14.3 Å². The second-order valence-corrected chi connectivity index (χ2v) is 9.43. The molecule has 6 nitrogen and oxygen atoms in total. The number of hydrogen-bond donors (Lipinski definition) is 1. The Labute approximate surface area is 169 Å². The van der Waals surface area contributed by atoms with Gasteiger partial charge in [0.15, 0.2) is 0 Å². The molecular formula is C21H26ClN3O3. The van der Waals surface area contributed by atoms with E-state index in [2.05, 4.69) is 15.9 Å². The lowest BCUT2D eigenvalue weighted by molar-refractivity contribution is -0.101. The van der Waals surface area contributed by atoms with Crippen LogP contribution < -0.4 is 5.73 Å². The predicted molar refractivity (Wildman–Crippen MR) is 105 cm³/mol. The molecule has 1 aromatic carbocycles. The van der Waals surface area contributed by atoms with E-state index >= 15 is 0 Å². The van der Waals surface area contributed by atoms with Crippen LogP contribution in [0.15, 0.2) is 24.3 Å². The van der Waals surface area contributed by atoms with E-state index < -0.39 is 11.7 Å². The Bertz CT molecular complexity index is 819. The summed E-state index contributed by atoms with van der Waals surface area (Å²) in [5.74, 6) is 0. The van der Waals surface area contributed by atoms with Crippen LogP contribution in [-0.4, -0.2) is 46.2 Å². The number of carbonyl (C=O) groups excluding carboxylic acids is 2. The van der Waals surface area contributed by atoms with Crippen LogP contribution in [0.25, 0.3) is 0 Å². The van der Waals surface area contributed by atoms with E-state index in [4.69, 9.17) is 22.1 Å². The molecular weight excluding hydrogens is 378 g/mol. The SMILES string of the molecule is NC(=O)OC12CCC(N3C[C@@]4(c5cccc(Cl)c5)CCCN4C3=O)(CC1)CC2. The Balaban J connectivity index is 1.44. The Morgan fingerprint density at radius 2 is 1.79 bits per heavy atom. The number of benzene rings is 1. The van der Waals surface area contributed by atoms with Crippen molar-refractivity contribution in [1.82, 2.24) is 9.80 Å². The summed E-state index contributed by atoms with van der Waals surface area (Å²) < 4.78 is 5.49. The highest BCUT2D eigenvalue weighted by molar-refractivity contribution is 6.30. The lowest BCUT2D eigenvalue weighted by atomic mass is 9.62. The van der Waals surface area contributed by atoms with Gasteiger partial charge in [0, 0.05) is 17.1 Å². The molecule has 0 aromatic heterocycles. The Morgan fingerprint density at radius 3 is 2.43 bits per heavy atom. The van der Waals surface area contributed by atoms with E-state index in [-0.39, 0.29) is 17.1 Å². The zero-order chi connectivity index (χ0) is 19.6. The molecule has 6 rings (SSSR count). The molecule has 28 heavy (non-hydrogen) atoms. The average molecular weight is 404 g/mol. The van der Waals surface area contributed by atoms with Crippen molar-refractivity contribution in [3.63, 3.8) is 0 Å². The molecule has 150 valence electrons. The van der Waals surface area contributed by atoms with Gasteiger partial charge in [-0.05, 0) is 69.1 Å². The lowest BCUT2D eigenvalue weighted by Crippen LogP contribution is -2.61. The quantitative estimate of drug-likeness (QED) is 0.828. The highest BCUT2D eigenvalue weighted by Crippen LogP contribution is 2.55. The normalized spacial score (nSPS) is 36.7. The van der Waals surface area contributed by atoms with Gasteiger partial charge in [-0.3, -0.25) is 0 Å². The summed E-state index contributed by atoms with van der Waals surface area (Å²) in [4.78, 5) is 29.0. The minimum absolute atomic E-state index is 0.129. The van der Waals surface area contributed by atoms with Crippen molar-refractivity contribution in [3.05, 3.63) is 34.9 Å². The van der Waals surface area contributed by atoms with Crippen molar-refractivity contribution in [2.75, 3.05) is 13.1 Å². The summed E-state index contributed by atoms with van der Waals surface area (Å²) in [6, 6.07) is 8.14. The van der Waals surface area contributed by atoms with Crippen molar-refractivity contribution >= 4 is 23.7 Å². The summed E-state index contributed by atoms with van der Waals surface area (Å²) in [6.45, 7) is 1.52. The number of nitrogens with two attached hydrogens (primary N) is 1. The number of primary amides is 1. The third kappa shape index (κ3) is 2.46. The van der Waals surface area contributed by atoms with Gasteiger partial charge in [-0.2, -0.15) is 0 Å². The second-order valence-electron chi connectivity index (χ2n) is 8.99. The molecule has 0 unspecified atom stereocenters. The van der Waals surface area contributed by atoms with E-state index in [1.54, 1.807) is 0 Å². The van der Waals surface area contributed by atoms with Crippen LogP contribution in [0.3, 0.4) is 0 Å². The highest BCUT2D eigenvalue weighted by atomic mass is 35.5. The molecule has 7 heteroatoms. The third-order valence-corrected chi connectivity index (χ3v) is 7.99. The molecule has 1 aromatic rings. The van der Waals surface area contributed by atoms with E-state index in [9.17, 15) is 9.59 Å². The van der Waals surface area contributed by atoms with Crippen molar-refractivity contribution in [1.29, 1.82) is 0 Å². The minimum atomic E-state index is -0.688. The van der Waals surface area contributed by atoms with Crippen molar-refractivity contribution in [3.8, 4) is 0 Å². The minimum Gasteiger partial charge on any atom is -0.443 e. The molecule has 3 amide bonds. The number of carbonyl (C=O) groups is 2. The smallest absolute Gasteiger partial charge is 0.405 e. The molecule has 5 fully saturated rings. The van der Waals surface area contributed by atoms with Gasteiger partial charge in [-0.25, -0.2) is 9.59 Å². The van der Waals surface area contributed by atoms with Gasteiger partial charge in [-0.15, -0.1) is 0 Å². The second kappa shape index (κ2) is 6.02. The third-order valence-electron chi connectivity index (χ3n) is 7.76. The van der Waals surface area contributed by atoms with E-state index in [0.717, 1.165) is 70.0 Å². The highest BCUT2D eigenvalue weighted by Gasteiger charge is 2.61. The standard InChI is InChI=1S/C21H26ClN3O3/c22-16-4-1-3-15(13-16)21-5-2-12-24(21)18(27)25(14-21)19-6-9-20(10-7-19,11-8-19)28-17(23)26/h1,3-4,13H,2,5-12,14H2,(H2,23,26)/t19?,20?,21-/m1/s1. The van der Waals surface area contributed by atoms with Gasteiger partial charge < -0.3 is 20.3 Å². The maximum Gasteiger partial charge on any atom is 0.405 e. The molecule has 2 saturated heterocycles.